The minimum atomic E-state index is 0.303. The first-order valence-corrected chi connectivity index (χ1v) is 8.42. The summed E-state index contributed by atoms with van der Waals surface area (Å²) in [6.45, 7) is 5.90. The lowest BCUT2D eigenvalue weighted by molar-refractivity contribution is 0.0872. The maximum absolute atomic E-state index is 12.4. The van der Waals surface area contributed by atoms with E-state index in [1.807, 2.05) is 6.07 Å². The van der Waals surface area contributed by atoms with Gasteiger partial charge in [0.25, 0.3) is 0 Å². The minimum Gasteiger partial charge on any atom is -0.293 e. The van der Waals surface area contributed by atoms with E-state index in [2.05, 4.69) is 24.8 Å². The Kier molecular flexibility index (Phi) is 5.59. The van der Waals surface area contributed by atoms with Crippen molar-refractivity contribution in [2.24, 2.45) is 0 Å². The van der Waals surface area contributed by atoms with Crippen LogP contribution in [0.1, 0.15) is 60.5 Å². The van der Waals surface area contributed by atoms with Gasteiger partial charge in [0.2, 0.25) is 0 Å². The number of thiophene rings is 1. The van der Waals surface area contributed by atoms with Gasteiger partial charge in [0.05, 0.1) is 11.4 Å². The average Bonchev–Trinajstić information content (AvgIpc) is 2.94. The van der Waals surface area contributed by atoms with Crippen molar-refractivity contribution in [2.75, 3.05) is 13.1 Å². The lowest BCUT2D eigenvalue weighted by atomic mass is 9.94. The summed E-state index contributed by atoms with van der Waals surface area (Å²) in [5.74, 6) is 0.303. The van der Waals surface area contributed by atoms with E-state index < -0.39 is 0 Å². The van der Waals surface area contributed by atoms with Crippen LogP contribution in [0.2, 0.25) is 0 Å². The molecular weight excluding hydrogens is 254 g/mol. The van der Waals surface area contributed by atoms with E-state index in [9.17, 15) is 4.79 Å². The molecule has 0 amide bonds. The van der Waals surface area contributed by atoms with Gasteiger partial charge >= 0.3 is 0 Å². The summed E-state index contributed by atoms with van der Waals surface area (Å²) in [6, 6.07) is 4.73. The van der Waals surface area contributed by atoms with Crippen LogP contribution >= 0.6 is 11.3 Å². The van der Waals surface area contributed by atoms with Gasteiger partial charge in [-0.05, 0) is 37.9 Å². The average molecular weight is 279 g/mol. The van der Waals surface area contributed by atoms with Gasteiger partial charge in [-0.1, -0.05) is 33.1 Å². The van der Waals surface area contributed by atoms with E-state index in [1.54, 1.807) is 11.3 Å². The maximum atomic E-state index is 12.4. The summed E-state index contributed by atoms with van der Waals surface area (Å²) in [5.41, 5.74) is 0. The van der Waals surface area contributed by atoms with E-state index in [-0.39, 0.29) is 0 Å². The van der Waals surface area contributed by atoms with Crippen molar-refractivity contribution in [3.05, 3.63) is 21.9 Å². The van der Waals surface area contributed by atoms with Gasteiger partial charge in [-0.15, -0.1) is 11.3 Å². The molecule has 19 heavy (non-hydrogen) atoms. The summed E-state index contributed by atoms with van der Waals surface area (Å²) in [4.78, 5) is 17.0. The second-order valence-corrected chi connectivity index (χ2v) is 6.57. The van der Waals surface area contributed by atoms with Crippen LogP contribution in [0, 0.1) is 0 Å². The van der Waals surface area contributed by atoms with Crippen molar-refractivity contribution in [1.82, 2.24) is 4.90 Å². The third-order valence-corrected chi connectivity index (χ3v) is 5.40. The lowest BCUT2D eigenvalue weighted by Gasteiger charge is -2.32. The highest BCUT2D eigenvalue weighted by molar-refractivity contribution is 7.14. The van der Waals surface area contributed by atoms with E-state index in [0.717, 1.165) is 17.8 Å². The first-order chi connectivity index (χ1) is 9.24. The Morgan fingerprint density at radius 3 is 2.58 bits per heavy atom. The molecule has 0 bridgehead atoms. The monoisotopic (exact) mass is 279 g/mol. The molecule has 0 atom stereocenters. The number of nitrogens with zero attached hydrogens (tertiary/aromatic N) is 1. The SMILES string of the molecule is CCc1ccc(C(=O)CN(CC)C2CCCCC2)s1. The third-order valence-electron chi connectivity index (χ3n) is 4.13. The van der Waals surface area contributed by atoms with Crippen molar-refractivity contribution < 1.29 is 4.79 Å². The van der Waals surface area contributed by atoms with Crippen LogP contribution in [0.25, 0.3) is 0 Å². The van der Waals surface area contributed by atoms with Crippen molar-refractivity contribution in [3.63, 3.8) is 0 Å². The summed E-state index contributed by atoms with van der Waals surface area (Å²) in [7, 11) is 0. The molecule has 1 saturated carbocycles. The normalized spacial score (nSPS) is 17.0. The summed E-state index contributed by atoms with van der Waals surface area (Å²) in [5, 5.41) is 0. The maximum Gasteiger partial charge on any atom is 0.186 e. The number of aryl methyl sites for hydroxylation is 1. The van der Waals surface area contributed by atoms with Gasteiger partial charge in [-0.25, -0.2) is 0 Å². The molecule has 1 aromatic heterocycles. The van der Waals surface area contributed by atoms with Crippen molar-refractivity contribution in [1.29, 1.82) is 0 Å². The van der Waals surface area contributed by atoms with Gasteiger partial charge < -0.3 is 0 Å². The second-order valence-electron chi connectivity index (χ2n) is 5.40. The first kappa shape index (κ1) is 14.7. The molecule has 0 unspecified atom stereocenters. The van der Waals surface area contributed by atoms with Gasteiger partial charge in [-0.2, -0.15) is 0 Å². The molecule has 1 aromatic rings. The summed E-state index contributed by atoms with van der Waals surface area (Å²) in [6.07, 6.45) is 7.59. The molecule has 2 rings (SSSR count). The van der Waals surface area contributed by atoms with E-state index >= 15 is 0 Å². The number of Topliss-reactive ketones (excluding diaryl/α,β-unsaturated/α-hetero) is 1. The highest BCUT2D eigenvalue weighted by Crippen LogP contribution is 2.23. The van der Waals surface area contributed by atoms with E-state index in [0.29, 0.717) is 18.4 Å². The smallest absolute Gasteiger partial charge is 0.186 e. The zero-order chi connectivity index (χ0) is 13.7. The van der Waals surface area contributed by atoms with Crippen molar-refractivity contribution in [3.8, 4) is 0 Å². The van der Waals surface area contributed by atoms with Gasteiger partial charge in [0.1, 0.15) is 0 Å². The number of likely N-dealkylation sites (N-methyl/N-ethyl adjacent to an activating group) is 1. The van der Waals surface area contributed by atoms with Crippen LogP contribution in [0.4, 0.5) is 0 Å². The molecule has 106 valence electrons. The highest BCUT2D eigenvalue weighted by atomic mass is 32.1. The summed E-state index contributed by atoms with van der Waals surface area (Å²) >= 11 is 1.66. The first-order valence-electron chi connectivity index (χ1n) is 7.60. The fourth-order valence-corrected chi connectivity index (χ4v) is 3.80. The molecule has 0 saturated heterocycles. The van der Waals surface area contributed by atoms with Crippen LogP contribution in [-0.2, 0) is 6.42 Å². The van der Waals surface area contributed by atoms with Crippen LogP contribution in [0.5, 0.6) is 0 Å². The molecule has 0 aliphatic heterocycles. The van der Waals surface area contributed by atoms with E-state index in [1.165, 1.54) is 37.0 Å². The largest absolute Gasteiger partial charge is 0.293 e. The predicted octanol–water partition coefficient (Wildman–Crippen LogP) is 4.15. The fourth-order valence-electron chi connectivity index (χ4n) is 2.93. The fraction of sp³-hybridized carbons (Fsp3) is 0.688. The van der Waals surface area contributed by atoms with Crippen LogP contribution < -0.4 is 0 Å². The Labute approximate surface area is 120 Å². The Hall–Kier alpha value is -0.670. The molecule has 0 spiro atoms. The van der Waals surface area contributed by atoms with Crippen LogP contribution in [0.3, 0.4) is 0 Å². The molecule has 0 aromatic carbocycles. The molecular formula is C16H25NOS. The Morgan fingerprint density at radius 2 is 2.00 bits per heavy atom. The van der Waals surface area contributed by atoms with Gasteiger partial charge in [0.15, 0.2) is 5.78 Å². The predicted molar refractivity (Wildman–Crippen MR) is 82.1 cm³/mol. The third kappa shape index (κ3) is 3.90. The molecule has 1 aliphatic rings. The number of carbonyl (C=O) groups excluding carboxylic acids is 1. The standard InChI is InChI=1S/C16H25NOS/c1-3-14-10-11-16(19-14)15(18)12-17(4-2)13-8-6-5-7-9-13/h10-11,13H,3-9,12H2,1-2H3. The topological polar surface area (TPSA) is 20.3 Å². The molecule has 0 N–H and O–H groups in total. The number of carbonyl (C=O) groups is 1. The minimum absolute atomic E-state index is 0.303. The Morgan fingerprint density at radius 1 is 1.26 bits per heavy atom. The van der Waals surface area contributed by atoms with Gasteiger partial charge in [-0.3, -0.25) is 9.69 Å². The Bertz CT molecular complexity index is 407. The van der Waals surface area contributed by atoms with Crippen molar-refractivity contribution >= 4 is 17.1 Å². The number of rotatable bonds is 6. The highest BCUT2D eigenvalue weighted by Gasteiger charge is 2.22. The molecule has 1 fully saturated rings. The number of ketones is 1. The van der Waals surface area contributed by atoms with Crippen molar-refractivity contribution in [2.45, 2.75) is 58.4 Å². The molecule has 2 nitrogen and oxygen atoms in total. The number of hydrogen-bond donors (Lipinski definition) is 0. The number of hydrogen-bond acceptors (Lipinski definition) is 3. The zero-order valence-electron chi connectivity index (χ0n) is 12.2. The zero-order valence-corrected chi connectivity index (χ0v) is 13.0. The molecule has 0 radical (unpaired) electrons. The van der Waals surface area contributed by atoms with Crippen LogP contribution in [-0.4, -0.2) is 29.8 Å². The lowest BCUT2D eigenvalue weighted by Crippen LogP contribution is -2.40. The van der Waals surface area contributed by atoms with Crippen LogP contribution in [0.15, 0.2) is 12.1 Å². The molecule has 1 aliphatic carbocycles. The second kappa shape index (κ2) is 7.20. The molecule has 1 heterocycles. The summed E-state index contributed by atoms with van der Waals surface area (Å²) < 4.78 is 0. The molecule has 3 heteroatoms. The quantitative estimate of drug-likeness (QED) is 0.729. The van der Waals surface area contributed by atoms with Gasteiger partial charge in [0, 0.05) is 10.9 Å². The Balaban J connectivity index is 1.95. The van der Waals surface area contributed by atoms with E-state index in [4.69, 9.17) is 0 Å².